The van der Waals surface area contributed by atoms with Gasteiger partial charge in [0.15, 0.2) is 0 Å². The molecule has 0 radical (unpaired) electrons. The summed E-state index contributed by atoms with van der Waals surface area (Å²) in [7, 11) is 0. The first-order valence-corrected chi connectivity index (χ1v) is 9.18. The molecule has 128 valence electrons. The lowest BCUT2D eigenvalue weighted by atomic mass is 9.99. The first kappa shape index (κ1) is 17.3. The molecule has 0 unspecified atom stereocenters. The fourth-order valence-electron chi connectivity index (χ4n) is 3.00. The molecule has 3 aromatic rings. The van der Waals surface area contributed by atoms with Crippen LogP contribution >= 0.6 is 0 Å². The Labute approximate surface area is 151 Å². The molecule has 0 aliphatic rings. The molecule has 0 heterocycles. The van der Waals surface area contributed by atoms with Crippen LogP contribution in [0.15, 0.2) is 72.8 Å². The summed E-state index contributed by atoms with van der Waals surface area (Å²) >= 11 is 0. The third kappa shape index (κ3) is 4.73. The van der Waals surface area contributed by atoms with Crippen molar-refractivity contribution in [1.82, 2.24) is 0 Å². The minimum Gasteiger partial charge on any atom is -0.494 e. The SMILES string of the molecule is CCOc1ccc(CCc2ccc(-c3ccc(CC)cc3)cc2)cc1. The Kier molecular flexibility index (Phi) is 5.90. The number of rotatable bonds is 7. The molecule has 1 nitrogen and oxygen atoms in total. The van der Waals surface area contributed by atoms with Gasteiger partial charge in [-0.3, -0.25) is 0 Å². The first-order chi connectivity index (χ1) is 12.3. The number of ether oxygens (including phenoxy) is 1. The Balaban J connectivity index is 1.60. The van der Waals surface area contributed by atoms with Crippen LogP contribution in [0.4, 0.5) is 0 Å². The molecule has 0 atom stereocenters. The Hall–Kier alpha value is -2.54. The molecule has 0 spiro atoms. The van der Waals surface area contributed by atoms with Crippen molar-refractivity contribution in [3.05, 3.63) is 89.5 Å². The van der Waals surface area contributed by atoms with E-state index in [1.54, 1.807) is 0 Å². The van der Waals surface area contributed by atoms with Gasteiger partial charge in [-0.25, -0.2) is 0 Å². The van der Waals surface area contributed by atoms with E-state index in [1.165, 1.54) is 27.8 Å². The van der Waals surface area contributed by atoms with Crippen LogP contribution in [-0.4, -0.2) is 6.61 Å². The minimum absolute atomic E-state index is 0.715. The Bertz CT molecular complexity index is 768. The lowest BCUT2D eigenvalue weighted by Gasteiger charge is -2.07. The third-order valence-electron chi connectivity index (χ3n) is 4.59. The van der Waals surface area contributed by atoms with Crippen molar-refractivity contribution in [3.63, 3.8) is 0 Å². The lowest BCUT2D eigenvalue weighted by molar-refractivity contribution is 0.340. The van der Waals surface area contributed by atoms with Crippen LogP contribution in [0.1, 0.15) is 30.5 Å². The molecule has 0 amide bonds. The molecule has 1 heteroatoms. The van der Waals surface area contributed by atoms with Gasteiger partial charge in [-0.05, 0) is 66.1 Å². The van der Waals surface area contributed by atoms with Gasteiger partial charge in [0, 0.05) is 0 Å². The molecule has 3 aromatic carbocycles. The summed E-state index contributed by atoms with van der Waals surface area (Å²) in [5, 5.41) is 0. The average molecular weight is 330 g/mol. The summed E-state index contributed by atoms with van der Waals surface area (Å²) < 4.78 is 5.49. The highest BCUT2D eigenvalue weighted by molar-refractivity contribution is 5.64. The van der Waals surface area contributed by atoms with Gasteiger partial charge in [0.25, 0.3) is 0 Å². The molecule has 0 fully saturated rings. The van der Waals surface area contributed by atoms with Gasteiger partial charge >= 0.3 is 0 Å². The summed E-state index contributed by atoms with van der Waals surface area (Å²) in [6.07, 6.45) is 3.20. The number of benzene rings is 3. The first-order valence-electron chi connectivity index (χ1n) is 9.18. The molecule has 0 aliphatic heterocycles. The molecule has 0 saturated heterocycles. The summed E-state index contributed by atoms with van der Waals surface area (Å²) in [5.74, 6) is 0.949. The van der Waals surface area contributed by atoms with E-state index in [9.17, 15) is 0 Å². The van der Waals surface area contributed by atoms with E-state index in [2.05, 4.69) is 79.7 Å². The summed E-state index contributed by atoms with van der Waals surface area (Å²) in [6.45, 7) is 4.91. The van der Waals surface area contributed by atoms with Gasteiger partial charge in [0.1, 0.15) is 5.75 Å². The van der Waals surface area contributed by atoms with Gasteiger partial charge in [0.2, 0.25) is 0 Å². The molecule has 0 saturated carbocycles. The molecule has 3 rings (SSSR count). The van der Waals surface area contributed by atoms with Gasteiger partial charge in [0.05, 0.1) is 6.61 Å². The second kappa shape index (κ2) is 8.53. The van der Waals surface area contributed by atoms with Crippen LogP contribution in [0.5, 0.6) is 5.75 Å². The van der Waals surface area contributed by atoms with Crippen LogP contribution in [0.25, 0.3) is 11.1 Å². The van der Waals surface area contributed by atoms with E-state index in [4.69, 9.17) is 4.74 Å². The van der Waals surface area contributed by atoms with Crippen molar-refractivity contribution in [2.45, 2.75) is 33.1 Å². The fourth-order valence-corrected chi connectivity index (χ4v) is 3.00. The standard InChI is InChI=1S/C24H26O/c1-3-19-7-13-22(14-8-19)23-15-9-20(10-16-23)5-6-21-11-17-24(18-12-21)25-4-2/h7-18H,3-6H2,1-2H3. The molecule has 0 aromatic heterocycles. The molecule has 25 heavy (non-hydrogen) atoms. The largest absolute Gasteiger partial charge is 0.494 e. The third-order valence-corrected chi connectivity index (χ3v) is 4.59. The van der Waals surface area contributed by atoms with Crippen LogP contribution in [0.2, 0.25) is 0 Å². The predicted octanol–water partition coefficient (Wildman–Crippen LogP) is 6.10. The van der Waals surface area contributed by atoms with E-state index in [0.29, 0.717) is 6.61 Å². The monoisotopic (exact) mass is 330 g/mol. The van der Waals surface area contributed by atoms with Crippen molar-refractivity contribution in [3.8, 4) is 16.9 Å². The van der Waals surface area contributed by atoms with Crippen LogP contribution < -0.4 is 4.74 Å². The zero-order chi connectivity index (χ0) is 17.5. The van der Waals surface area contributed by atoms with Crippen LogP contribution in [0.3, 0.4) is 0 Å². The lowest BCUT2D eigenvalue weighted by Crippen LogP contribution is -1.94. The van der Waals surface area contributed by atoms with E-state index >= 15 is 0 Å². The maximum atomic E-state index is 5.49. The van der Waals surface area contributed by atoms with E-state index in [0.717, 1.165) is 25.0 Å². The average Bonchev–Trinajstić information content (AvgIpc) is 2.68. The van der Waals surface area contributed by atoms with E-state index in [1.807, 2.05) is 6.92 Å². The Morgan fingerprint density at radius 1 is 0.560 bits per heavy atom. The summed E-state index contributed by atoms with van der Waals surface area (Å²) in [5.41, 5.74) is 6.68. The van der Waals surface area contributed by atoms with Gasteiger partial charge in [-0.15, -0.1) is 0 Å². The smallest absolute Gasteiger partial charge is 0.119 e. The predicted molar refractivity (Wildman–Crippen MR) is 106 cm³/mol. The summed E-state index contributed by atoms with van der Waals surface area (Å²) in [6, 6.07) is 26.3. The molecular formula is C24H26O. The van der Waals surface area contributed by atoms with Gasteiger partial charge < -0.3 is 4.74 Å². The van der Waals surface area contributed by atoms with E-state index < -0.39 is 0 Å². The van der Waals surface area contributed by atoms with Crippen LogP contribution in [0, 0.1) is 0 Å². The zero-order valence-corrected chi connectivity index (χ0v) is 15.2. The van der Waals surface area contributed by atoms with Crippen molar-refractivity contribution < 1.29 is 4.74 Å². The highest BCUT2D eigenvalue weighted by atomic mass is 16.5. The molecule has 0 N–H and O–H groups in total. The maximum Gasteiger partial charge on any atom is 0.119 e. The summed E-state index contributed by atoms with van der Waals surface area (Å²) in [4.78, 5) is 0. The van der Waals surface area contributed by atoms with Crippen molar-refractivity contribution in [1.29, 1.82) is 0 Å². The van der Waals surface area contributed by atoms with E-state index in [-0.39, 0.29) is 0 Å². The minimum atomic E-state index is 0.715. The van der Waals surface area contributed by atoms with Crippen molar-refractivity contribution in [2.24, 2.45) is 0 Å². The normalized spacial score (nSPS) is 10.6. The van der Waals surface area contributed by atoms with Gasteiger partial charge in [-0.1, -0.05) is 67.6 Å². The number of hydrogen-bond acceptors (Lipinski definition) is 1. The highest BCUT2D eigenvalue weighted by Gasteiger charge is 2.00. The van der Waals surface area contributed by atoms with Crippen molar-refractivity contribution >= 4 is 0 Å². The topological polar surface area (TPSA) is 9.23 Å². The maximum absolute atomic E-state index is 5.49. The Morgan fingerprint density at radius 3 is 1.44 bits per heavy atom. The zero-order valence-electron chi connectivity index (χ0n) is 15.2. The Morgan fingerprint density at radius 2 is 1.00 bits per heavy atom. The quantitative estimate of drug-likeness (QED) is 0.508. The molecule has 0 aliphatic carbocycles. The molecular weight excluding hydrogens is 304 g/mol. The van der Waals surface area contributed by atoms with Crippen LogP contribution in [-0.2, 0) is 19.3 Å². The van der Waals surface area contributed by atoms with Gasteiger partial charge in [-0.2, -0.15) is 0 Å². The second-order valence-electron chi connectivity index (χ2n) is 6.32. The second-order valence-corrected chi connectivity index (χ2v) is 6.32. The highest BCUT2D eigenvalue weighted by Crippen LogP contribution is 2.21. The number of hydrogen-bond donors (Lipinski definition) is 0. The van der Waals surface area contributed by atoms with Crippen molar-refractivity contribution in [2.75, 3.05) is 6.61 Å². The number of aryl methyl sites for hydroxylation is 3. The fraction of sp³-hybridized carbons (Fsp3) is 0.250. The molecule has 0 bridgehead atoms.